The number of carbonyl (C=O) groups is 1. The summed E-state index contributed by atoms with van der Waals surface area (Å²) < 4.78 is 13.6. The fourth-order valence-electron chi connectivity index (χ4n) is 3.51. The molecule has 1 atom stereocenters. The molecule has 1 unspecified atom stereocenters. The van der Waals surface area contributed by atoms with E-state index in [-0.39, 0.29) is 17.6 Å². The zero-order valence-electron chi connectivity index (χ0n) is 15.0. The summed E-state index contributed by atoms with van der Waals surface area (Å²) in [5.41, 5.74) is 8.53. The van der Waals surface area contributed by atoms with Crippen molar-refractivity contribution < 1.29 is 9.18 Å². The summed E-state index contributed by atoms with van der Waals surface area (Å²) in [6.07, 6.45) is 1.91. The quantitative estimate of drug-likeness (QED) is 0.803. The zero-order valence-corrected chi connectivity index (χ0v) is 15.0. The number of nitrogens with two attached hydrogens (primary N) is 1. The number of primary amides is 1. The molecule has 138 valence electrons. The van der Waals surface area contributed by atoms with E-state index < -0.39 is 0 Å². The molecule has 0 spiro atoms. The molecule has 1 fully saturated rings. The Morgan fingerprint density at radius 1 is 1.15 bits per heavy atom. The first-order chi connectivity index (χ1) is 12.6. The second-order valence-corrected chi connectivity index (χ2v) is 6.99. The maximum absolute atomic E-state index is 13.6. The summed E-state index contributed by atoms with van der Waals surface area (Å²) >= 11 is 0. The fourth-order valence-corrected chi connectivity index (χ4v) is 3.51. The molecule has 1 amide bonds. The Hall–Kier alpha value is -2.24. The molecule has 2 aromatic rings. The predicted molar refractivity (Wildman–Crippen MR) is 101 cm³/mol. The van der Waals surface area contributed by atoms with Crippen LogP contribution < -0.4 is 11.1 Å². The highest BCUT2D eigenvalue weighted by molar-refractivity contribution is 5.76. The lowest BCUT2D eigenvalue weighted by Crippen LogP contribution is -2.40. The lowest BCUT2D eigenvalue weighted by atomic mass is 9.97. The monoisotopic (exact) mass is 355 g/mol. The van der Waals surface area contributed by atoms with Gasteiger partial charge in [-0.1, -0.05) is 42.5 Å². The molecule has 4 nitrogen and oxygen atoms in total. The summed E-state index contributed by atoms with van der Waals surface area (Å²) in [6, 6.07) is 15.2. The number of hydrogen-bond donors (Lipinski definition) is 2. The average Bonchev–Trinajstić information content (AvgIpc) is 2.64. The molecule has 0 aliphatic carbocycles. The number of nitrogens with one attached hydrogen (secondary N) is 1. The smallest absolute Gasteiger partial charge is 0.221 e. The Bertz CT molecular complexity index is 750. The lowest BCUT2D eigenvalue weighted by Gasteiger charge is -2.31. The molecule has 1 heterocycles. The topological polar surface area (TPSA) is 58.4 Å². The zero-order chi connectivity index (χ0) is 18.4. The van der Waals surface area contributed by atoms with Crippen molar-refractivity contribution >= 4 is 5.91 Å². The van der Waals surface area contributed by atoms with Gasteiger partial charge in [0.1, 0.15) is 5.82 Å². The molecule has 5 heteroatoms. The number of rotatable bonds is 7. The first kappa shape index (κ1) is 18.5. The number of hydrogen-bond acceptors (Lipinski definition) is 3. The van der Waals surface area contributed by atoms with E-state index in [0.717, 1.165) is 32.5 Å². The van der Waals surface area contributed by atoms with Crippen LogP contribution in [0.15, 0.2) is 48.5 Å². The van der Waals surface area contributed by atoms with Crippen molar-refractivity contribution in [3.05, 3.63) is 71.0 Å². The Kier molecular flexibility index (Phi) is 6.36. The molecule has 2 aromatic carbocycles. The van der Waals surface area contributed by atoms with Gasteiger partial charge in [0.05, 0.1) is 5.92 Å². The minimum Gasteiger partial charge on any atom is -0.369 e. The third kappa shape index (κ3) is 5.13. The number of amides is 1. The van der Waals surface area contributed by atoms with Gasteiger partial charge in [-0.25, -0.2) is 4.39 Å². The minimum atomic E-state index is -0.194. The minimum absolute atomic E-state index is 0.0330. The Morgan fingerprint density at radius 2 is 1.96 bits per heavy atom. The highest BCUT2D eigenvalue weighted by atomic mass is 19.1. The third-order valence-electron chi connectivity index (χ3n) is 4.91. The second-order valence-electron chi connectivity index (χ2n) is 6.99. The molecule has 26 heavy (non-hydrogen) atoms. The third-order valence-corrected chi connectivity index (χ3v) is 4.91. The van der Waals surface area contributed by atoms with Gasteiger partial charge in [-0.2, -0.15) is 0 Å². The van der Waals surface area contributed by atoms with Crippen molar-refractivity contribution in [3.63, 3.8) is 0 Å². The van der Waals surface area contributed by atoms with Gasteiger partial charge in [0.15, 0.2) is 0 Å². The fraction of sp³-hybridized carbons (Fsp3) is 0.381. The van der Waals surface area contributed by atoms with Crippen LogP contribution in [-0.4, -0.2) is 23.9 Å². The van der Waals surface area contributed by atoms with E-state index in [1.54, 1.807) is 12.1 Å². The molecule has 0 radical (unpaired) electrons. The van der Waals surface area contributed by atoms with Crippen LogP contribution in [0, 0.1) is 11.7 Å². The summed E-state index contributed by atoms with van der Waals surface area (Å²) in [7, 11) is 0. The number of piperidine rings is 1. The van der Waals surface area contributed by atoms with Crippen LogP contribution in [0.25, 0.3) is 0 Å². The van der Waals surface area contributed by atoms with Crippen molar-refractivity contribution in [1.82, 2.24) is 10.2 Å². The molecule has 0 aromatic heterocycles. The number of likely N-dealkylation sites (tertiary alicyclic amines) is 1. The Balaban J connectivity index is 1.53. The van der Waals surface area contributed by atoms with Crippen LogP contribution in [0.1, 0.15) is 29.5 Å². The second kappa shape index (κ2) is 8.92. The van der Waals surface area contributed by atoms with Crippen LogP contribution in [0.5, 0.6) is 0 Å². The SMILES string of the molecule is NC(=O)C1CCCN(Cc2cccc(CNCc3ccccc3F)c2)C1. The summed E-state index contributed by atoms with van der Waals surface area (Å²) in [6.45, 7) is 3.75. The molecule has 3 N–H and O–H groups in total. The number of halogens is 1. The summed E-state index contributed by atoms with van der Waals surface area (Å²) in [5, 5.41) is 3.30. The number of carbonyl (C=O) groups excluding carboxylic acids is 1. The van der Waals surface area contributed by atoms with Crippen molar-refractivity contribution in [2.45, 2.75) is 32.5 Å². The number of benzene rings is 2. The molecule has 3 rings (SSSR count). The summed E-state index contributed by atoms with van der Waals surface area (Å²) in [5.74, 6) is -0.405. The van der Waals surface area contributed by atoms with E-state index in [2.05, 4.69) is 28.4 Å². The van der Waals surface area contributed by atoms with E-state index in [1.165, 1.54) is 17.2 Å². The maximum Gasteiger partial charge on any atom is 0.221 e. The van der Waals surface area contributed by atoms with Crippen molar-refractivity contribution in [3.8, 4) is 0 Å². The van der Waals surface area contributed by atoms with Crippen LogP contribution in [0.4, 0.5) is 4.39 Å². The lowest BCUT2D eigenvalue weighted by molar-refractivity contribution is -0.123. The van der Waals surface area contributed by atoms with E-state index in [0.29, 0.717) is 18.7 Å². The van der Waals surface area contributed by atoms with Crippen LogP contribution >= 0.6 is 0 Å². The van der Waals surface area contributed by atoms with E-state index >= 15 is 0 Å². The average molecular weight is 355 g/mol. The van der Waals surface area contributed by atoms with Crippen molar-refractivity contribution in [2.75, 3.05) is 13.1 Å². The van der Waals surface area contributed by atoms with E-state index in [1.807, 2.05) is 12.1 Å². The number of nitrogens with zero attached hydrogens (tertiary/aromatic N) is 1. The summed E-state index contributed by atoms with van der Waals surface area (Å²) in [4.78, 5) is 13.7. The van der Waals surface area contributed by atoms with Gasteiger partial charge in [0.25, 0.3) is 0 Å². The molecule has 1 aliphatic rings. The van der Waals surface area contributed by atoms with Gasteiger partial charge < -0.3 is 11.1 Å². The predicted octanol–water partition coefficient (Wildman–Crippen LogP) is 2.81. The van der Waals surface area contributed by atoms with E-state index in [9.17, 15) is 9.18 Å². The molecule has 0 saturated carbocycles. The first-order valence-electron chi connectivity index (χ1n) is 9.15. The maximum atomic E-state index is 13.6. The first-order valence-corrected chi connectivity index (χ1v) is 9.15. The van der Waals surface area contributed by atoms with Crippen LogP contribution in [-0.2, 0) is 24.4 Å². The molecular weight excluding hydrogens is 329 g/mol. The van der Waals surface area contributed by atoms with Crippen molar-refractivity contribution in [1.29, 1.82) is 0 Å². The van der Waals surface area contributed by atoms with Gasteiger partial charge in [-0.3, -0.25) is 9.69 Å². The molecule has 1 aliphatic heterocycles. The van der Waals surface area contributed by atoms with E-state index in [4.69, 9.17) is 5.73 Å². The highest BCUT2D eigenvalue weighted by Crippen LogP contribution is 2.19. The van der Waals surface area contributed by atoms with Gasteiger partial charge in [0, 0.05) is 31.7 Å². The van der Waals surface area contributed by atoms with Gasteiger partial charge >= 0.3 is 0 Å². The largest absolute Gasteiger partial charge is 0.369 e. The standard InChI is InChI=1S/C21H26FN3O/c22-20-9-2-1-7-18(20)13-24-12-16-5-3-6-17(11-16)14-25-10-4-8-19(15-25)21(23)26/h1-3,5-7,9,11,19,24H,4,8,10,12-15H2,(H2,23,26). The molecular formula is C21H26FN3O. The highest BCUT2D eigenvalue weighted by Gasteiger charge is 2.23. The van der Waals surface area contributed by atoms with Gasteiger partial charge in [0.2, 0.25) is 5.91 Å². The molecule has 0 bridgehead atoms. The Labute approximate surface area is 154 Å². The van der Waals surface area contributed by atoms with Crippen LogP contribution in [0.2, 0.25) is 0 Å². The Morgan fingerprint density at radius 3 is 2.77 bits per heavy atom. The van der Waals surface area contributed by atoms with Crippen LogP contribution in [0.3, 0.4) is 0 Å². The van der Waals surface area contributed by atoms with Gasteiger partial charge in [-0.05, 0) is 36.6 Å². The van der Waals surface area contributed by atoms with Gasteiger partial charge in [-0.15, -0.1) is 0 Å². The molecule has 1 saturated heterocycles. The normalized spacial score (nSPS) is 18.0. The van der Waals surface area contributed by atoms with Crippen molar-refractivity contribution in [2.24, 2.45) is 11.7 Å².